The molecule has 0 radical (unpaired) electrons. The Bertz CT molecular complexity index is 126. The van der Waals surface area contributed by atoms with Crippen LogP contribution < -0.4 is 0 Å². The second-order valence-corrected chi connectivity index (χ2v) is 2.83. The van der Waals surface area contributed by atoms with Gasteiger partial charge in [0.2, 0.25) is 0 Å². The normalized spacial score (nSPS) is 43.0. The fourth-order valence-corrected chi connectivity index (χ4v) is 1.24. The molecule has 5 nitrogen and oxygen atoms in total. The third-order valence-electron chi connectivity index (χ3n) is 1.95. The second-order valence-electron chi connectivity index (χ2n) is 2.83. The molecule has 1 unspecified atom stereocenters. The lowest BCUT2D eigenvalue weighted by Gasteiger charge is -2.35. The minimum absolute atomic E-state index is 0.170. The maximum absolute atomic E-state index is 9.26. The highest BCUT2D eigenvalue weighted by Gasteiger charge is 2.35. The summed E-state index contributed by atoms with van der Waals surface area (Å²) in [6.07, 6.45) is -2.88. The molecular weight excluding hydrogens is 164 g/mol. The minimum Gasteiger partial charge on any atom is -0.394 e. The highest BCUT2D eigenvalue weighted by molar-refractivity contribution is 4.80. The van der Waals surface area contributed by atoms with Gasteiger partial charge in [-0.05, 0) is 0 Å². The molecule has 0 amide bonds. The van der Waals surface area contributed by atoms with Crippen molar-refractivity contribution in [1.82, 2.24) is 0 Å². The highest BCUT2D eigenvalue weighted by atomic mass is 16.7. The van der Waals surface area contributed by atoms with Crippen LogP contribution in [0, 0.1) is 0 Å². The molecule has 72 valence electrons. The summed E-state index contributed by atoms with van der Waals surface area (Å²) in [6, 6.07) is 0. The van der Waals surface area contributed by atoms with E-state index in [1.54, 1.807) is 0 Å². The van der Waals surface area contributed by atoms with Crippen molar-refractivity contribution in [1.29, 1.82) is 0 Å². The van der Waals surface area contributed by atoms with Crippen molar-refractivity contribution in [2.75, 3.05) is 13.7 Å². The van der Waals surface area contributed by atoms with Crippen LogP contribution in [0.25, 0.3) is 0 Å². The van der Waals surface area contributed by atoms with E-state index in [2.05, 4.69) is 0 Å². The average Bonchev–Trinajstić information content (AvgIpc) is 2.05. The SMILES string of the molecule is COC1O[C@H](CO)[C@@H](O)C[C@H]1O. The quantitative estimate of drug-likeness (QED) is 0.477. The molecule has 0 saturated carbocycles. The van der Waals surface area contributed by atoms with Crippen LogP contribution in [0.2, 0.25) is 0 Å². The number of methoxy groups -OCH3 is 1. The molecule has 1 aliphatic heterocycles. The monoisotopic (exact) mass is 178 g/mol. The Kier molecular flexibility index (Phi) is 3.42. The molecule has 1 rings (SSSR count). The van der Waals surface area contributed by atoms with Crippen LogP contribution in [-0.4, -0.2) is 53.6 Å². The molecule has 0 aromatic heterocycles. The Morgan fingerprint density at radius 3 is 2.58 bits per heavy atom. The van der Waals surface area contributed by atoms with Crippen molar-refractivity contribution in [3.05, 3.63) is 0 Å². The van der Waals surface area contributed by atoms with Gasteiger partial charge >= 0.3 is 0 Å². The van der Waals surface area contributed by atoms with Crippen LogP contribution in [0.15, 0.2) is 0 Å². The summed E-state index contributed by atoms with van der Waals surface area (Å²) in [7, 11) is 1.40. The van der Waals surface area contributed by atoms with Gasteiger partial charge in [0.15, 0.2) is 6.29 Å². The molecule has 3 N–H and O–H groups in total. The molecule has 1 saturated heterocycles. The van der Waals surface area contributed by atoms with E-state index in [-0.39, 0.29) is 13.0 Å². The van der Waals surface area contributed by atoms with Gasteiger partial charge in [0.1, 0.15) is 12.2 Å². The fraction of sp³-hybridized carbons (Fsp3) is 1.00. The number of hydrogen-bond donors (Lipinski definition) is 3. The summed E-state index contributed by atoms with van der Waals surface area (Å²) in [5.74, 6) is 0. The van der Waals surface area contributed by atoms with E-state index >= 15 is 0 Å². The van der Waals surface area contributed by atoms with E-state index in [0.29, 0.717) is 0 Å². The number of aliphatic hydroxyl groups excluding tert-OH is 3. The third-order valence-corrected chi connectivity index (χ3v) is 1.95. The zero-order valence-electron chi connectivity index (χ0n) is 6.88. The van der Waals surface area contributed by atoms with Gasteiger partial charge < -0.3 is 24.8 Å². The first kappa shape index (κ1) is 9.88. The molecule has 0 bridgehead atoms. The summed E-state index contributed by atoms with van der Waals surface area (Å²) in [4.78, 5) is 0. The Morgan fingerprint density at radius 1 is 1.42 bits per heavy atom. The molecule has 5 heteroatoms. The summed E-state index contributed by atoms with van der Waals surface area (Å²) in [5, 5.41) is 27.3. The Hall–Kier alpha value is -0.200. The van der Waals surface area contributed by atoms with Gasteiger partial charge in [-0.15, -0.1) is 0 Å². The van der Waals surface area contributed by atoms with E-state index in [0.717, 1.165) is 0 Å². The molecule has 0 aliphatic carbocycles. The highest BCUT2D eigenvalue weighted by Crippen LogP contribution is 2.20. The maximum Gasteiger partial charge on any atom is 0.183 e. The van der Waals surface area contributed by atoms with E-state index in [1.807, 2.05) is 0 Å². The molecule has 1 fully saturated rings. The van der Waals surface area contributed by atoms with Gasteiger partial charge in [0.05, 0.1) is 12.7 Å². The number of hydrogen-bond acceptors (Lipinski definition) is 5. The van der Waals surface area contributed by atoms with Gasteiger partial charge in [-0.2, -0.15) is 0 Å². The smallest absolute Gasteiger partial charge is 0.183 e. The molecular formula is C7H14O5. The Morgan fingerprint density at radius 2 is 2.08 bits per heavy atom. The van der Waals surface area contributed by atoms with Gasteiger partial charge in [-0.25, -0.2) is 0 Å². The van der Waals surface area contributed by atoms with Crippen LogP contribution in [0.1, 0.15) is 6.42 Å². The summed E-state index contributed by atoms with van der Waals surface area (Å²) < 4.78 is 9.83. The van der Waals surface area contributed by atoms with Gasteiger partial charge in [0.25, 0.3) is 0 Å². The van der Waals surface area contributed by atoms with Gasteiger partial charge in [0, 0.05) is 13.5 Å². The third kappa shape index (κ3) is 1.94. The molecule has 1 heterocycles. The zero-order chi connectivity index (χ0) is 9.14. The standard InChI is InChI=1S/C7H14O5/c1-11-7-5(10)2-4(9)6(3-8)12-7/h4-10H,2-3H2,1H3/t4-,5+,6+,7?/m0/s1. The molecule has 1 aliphatic rings. The van der Waals surface area contributed by atoms with Crippen molar-refractivity contribution in [3.8, 4) is 0 Å². The van der Waals surface area contributed by atoms with Crippen LogP contribution >= 0.6 is 0 Å². The summed E-state index contributed by atoms with van der Waals surface area (Å²) in [5.41, 5.74) is 0. The Labute approximate surface area is 70.5 Å². The fourth-order valence-electron chi connectivity index (χ4n) is 1.24. The van der Waals surface area contributed by atoms with Gasteiger partial charge in [-0.3, -0.25) is 0 Å². The van der Waals surface area contributed by atoms with Crippen molar-refractivity contribution in [3.63, 3.8) is 0 Å². The maximum atomic E-state index is 9.26. The first-order chi connectivity index (χ1) is 5.69. The Balaban J connectivity index is 2.50. The zero-order valence-corrected chi connectivity index (χ0v) is 6.88. The average molecular weight is 178 g/mol. The molecule has 0 aromatic rings. The van der Waals surface area contributed by atoms with E-state index < -0.39 is 24.6 Å². The van der Waals surface area contributed by atoms with Crippen molar-refractivity contribution >= 4 is 0 Å². The lowest BCUT2D eigenvalue weighted by molar-refractivity contribution is -0.261. The predicted octanol–water partition coefficient (Wildman–Crippen LogP) is -1.54. The molecule has 12 heavy (non-hydrogen) atoms. The van der Waals surface area contributed by atoms with E-state index in [1.165, 1.54) is 7.11 Å². The molecule has 0 spiro atoms. The van der Waals surface area contributed by atoms with Crippen molar-refractivity contribution < 1.29 is 24.8 Å². The lowest BCUT2D eigenvalue weighted by Crippen LogP contribution is -2.49. The first-order valence-corrected chi connectivity index (χ1v) is 3.84. The lowest BCUT2D eigenvalue weighted by atomic mass is 10.0. The number of aliphatic hydroxyl groups is 3. The topological polar surface area (TPSA) is 79.2 Å². The number of ether oxygens (including phenoxy) is 2. The molecule has 0 aromatic carbocycles. The van der Waals surface area contributed by atoms with Crippen LogP contribution in [0.5, 0.6) is 0 Å². The van der Waals surface area contributed by atoms with Crippen LogP contribution in [0.3, 0.4) is 0 Å². The minimum atomic E-state index is -0.826. The van der Waals surface area contributed by atoms with Crippen LogP contribution in [-0.2, 0) is 9.47 Å². The second kappa shape index (κ2) is 4.15. The van der Waals surface area contributed by atoms with Crippen LogP contribution in [0.4, 0.5) is 0 Å². The molecule has 4 atom stereocenters. The summed E-state index contributed by atoms with van der Waals surface area (Å²) >= 11 is 0. The van der Waals surface area contributed by atoms with E-state index in [4.69, 9.17) is 14.6 Å². The first-order valence-electron chi connectivity index (χ1n) is 3.84. The summed E-state index contributed by atoms with van der Waals surface area (Å²) in [6.45, 7) is -0.270. The van der Waals surface area contributed by atoms with Gasteiger partial charge in [-0.1, -0.05) is 0 Å². The number of rotatable bonds is 2. The predicted molar refractivity (Wildman–Crippen MR) is 39.4 cm³/mol. The van der Waals surface area contributed by atoms with Crippen molar-refractivity contribution in [2.45, 2.75) is 31.0 Å². The van der Waals surface area contributed by atoms with E-state index in [9.17, 15) is 10.2 Å². The largest absolute Gasteiger partial charge is 0.394 e. The van der Waals surface area contributed by atoms with Crippen molar-refractivity contribution in [2.24, 2.45) is 0 Å².